The van der Waals surface area contributed by atoms with Crippen molar-refractivity contribution in [3.8, 4) is 0 Å². The largest absolute Gasteiger partial charge is 0.409 e. The highest BCUT2D eigenvalue weighted by molar-refractivity contribution is 5.82. The zero-order chi connectivity index (χ0) is 12.1. The van der Waals surface area contributed by atoms with Gasteiger partial charge in [0, 0.05) is 18.5 Å². The number of oxime groups is 1. The SMILES string of the molecule is CC1CCC(NCC(C)C(N)=NO)C(C)C1. The van der Waals surface area contributed by atoms with Crippen LogP contribution in [0.3, 0.4) is 0 Å². The molecule has 0 aromatic rings. The normalized spacial score (nSPS) is 33.7. The maximum absolute atomic E-state index is 8.56. The Balaban J connectivity index is 2.32. The average molecular weight is 227 g/mol. The molecule has 0 spiro atoms. The summed E-state index contributed by atoms with van der Waals surface area (Å²) in [6.07, 6.45) is 3.85. The molecule has 0 aliphatic heterocycles. The van der Waals surface area contributed by atoms with E-state index in [9.17, 15) is 0 Å². The van der Waals surface area contributed by atoms with Gasteiger partial charge in [0.15, 0.2) is 0 Å². The van der Waals surface area contributed by atoms with E-state index < -0.39 is 0 Å². The number of amidine groups is 1. The monoisotopic (exact) mass is 227 g/mol. The average Bonchev–Trinajstić information content (AvgIpc) is 2.26. The van der Waals surface area contributed by atoms with E-state index in [0.717, 1.165) is 18.4 Å². The molecular formula is C12H25N3O. The second kappa shape index (κ2) is 6.09. The van der Waals surface area contributed by atoms with Gasteiger partial charge in [-0.25, -0.2) is 0 Å². The van der Waals surface area contributed by atoms with Crippen LogP contribution in [0.2, 0.25) is 0 Å². The summed E-state index contributed by atoms with van der Waals surface area (Å²) in [4.78, 5) is 0. The second-order valence-electron chi connectivity index (χ2n) is 5.34. The van der Waals surface area contributed by atoms with Crippen molar-refractivity contribution in [1.29, 1.82) is 0 Å². The van der Waals surface area contributed by atoms with E-state index in [1.165, 1.54) is 19.3 Å². The number of hydrogen-bond donors (Lipinski definition) is 3. The van der Waals surface area contributed by atoms with Gasteiger partial charge in [0.2, 0.25) is 0 Å². The lowest BCUT2D eigenvalue weighted by Crippen LogP contribution is -2.43. The van der Waals surface area contributed by atoms with Gasteiger partial charge in [0.25, 0.3) is 0 Å². The lowest BCUT2D eigenvalue weighted by atomic mass is 9.80. The van der Waals surface area contributed by atoms with Crippen LogP contribution in [0.25, 0.3) is 0 Å². The maximum Gasteiger partial charge on any atom is 0.143 e. The van der Waals surface area contributed by atoms with Crippen LogP contribution in [-0.4, -0.2) is 23.6 Å². The molecule has 1 aliphatic carbocycles. The van der Waals surface area contributed by atoms with E-state index >= 15 is 0 Å². The first-order chi connectivity index (χ1) is 7.54. The quantitative estimate of drug-likeness (QED) is 0.297. The fraction of sp³-hybridized carbons (Fsp3) is 0.917. The molecule has 4 atom stereocenters. The molecule has 4 N–H and O–H groups in total. The summed E-state index contributed by atoms with van der Waals surface area (Å²) in [6.45, 7) is 7.39. The molecule has 1 saturated carbocycles. The lowest BCUT2D eigenvalue weighted by molar-refractivity contribution is 0.225. The Labute approximate surface area is 98.3 Å². The Bertz CT molecular complexity index is 242. The van der Waals surface area contributed by atoms with Crippen molar-refractivity contribution in [2.45, 2.75) is 46.1 Å². The summed E-state index contributed by atoms with van der Waals surface area (Å²) in [6, 6.07) is 0.588. The molecule has 1 aliphatic rings. The molecular weight excluding hydrogens is 202 g/mol. The lowest BCUT2D eigenvalue weighted by Gasteiger charge is -2.33. The number of hydrogen-bond acceptors (Lipinski definition) is 3. The summed E-state index contributed by atoms with van der Waals surface area (Å²) in [5, 5.41) is 15.1. The molecule has 0 radical (unpaired) electrons. The minimum absolute atomic E-state index is 0.0940. The predicted molar refractivity (Wildman–Crippen MR) is 66.5 cm³/mol. The van der Waals surface area contributed by atoms with Gasteiger partial charge in [0.05, 0.1) is 0 Å². The van der Waals surface area contributed by atoms with Gasteiger partial charge in [-0.15, -0.1) is 0 Å². The van der Waals surface area contributed by atoms with Gasteiger partial charge in [-0.3, -0.25) is 0 Å². The Morgan fingerprint density at radius 3 is 2.75 bits per heavy atom. The van der Waals surface area contributed by atoms with Crippen LogP contribution in [0.15, 0.2) is 5.16 Å². The fourth-order valence-electron chi connectivity index (χ4n) is 2.50. The van der Waals surface area contributed by atoms with E-state index in [1.807, 2.05) is 6.92 Å². The highest BCUT2D eigenvalue weighted by Gasteiger charge is 2.25. The van der Waals surface area contributed by atoms with Gasteiger partial charge in [-0.2, -0.15) is 0 Å². The van der Waals surface area contributed by atoms with Crippen LogP contribution in [0, 0.1) is 17.8 Å². The minimum Gasteiger partial charge on any atom is -0.409 e. The Kier molecular flexibility index (Phi) is 5.06. The third-order valence-electron chi connectivity index (χ3n) is 3.74. The summed E-state index contributed by atoms with van der Waals surface area (Å²) in [5.41, 5.74) is 5.55. The molecule has 0 aromatic carbocycles. The molecule has 0 aromatic heterocycles. The van der Waals surface area contributed by atoms with Crippen LogP contribution in [0.1, 0.15) is 40.0 Å². The van der Waals surface area contributed by atoms with Crippen molar-refractivity contribution in [2.75, 3.05) is 6.54 Å². The standard InChI is InChI=1S/C12H25N3O/c1-8-4-5-11(9(2)6-8)14-7-10(3)12(13)15-16/h8-11,14,16H,4-7H2,1-3H3,(H2,13,15). The van der Waals surface area contributed by atoms with E-state index in [-0.39, 0.29) is 5.92 Å². The van der Waals surface area contributed by atoms with Crippen molar-refractivity contribution in [3.05, 3.63) is 0 Å². The van der Waals surface area contributed by atoms with Crippen LogP contribution in [0.4, 0.5) is 0 Å². The second-order valence-corrected chi connectivity index (χ2v) is 5.34. The van der Waals surface area contributed by atoms with E-state index in [1.54, 1.807) is 0 Å². The fourth-order valence-corrected chi connectivity index (χ4v) is 2.50. The molecule has 4 heteroatoms. The maximum atomic E-state index is 8.56. The van der Waals surface area contributed by atoms with Crippen molar-refractivity contribution in [3.63, 3.8) is 0 Å². The first kappa shape index (κ1) is 13.3. The van der Waals surface area contributed by atoms with Gasteiger partial charge in [0.1, 0.15) is 5.84 Å². The number of nitrogens with zero attached hydrogens (tertiary/aromatic N) is 1. The molecule has 0 saturated heterocycles. The van der Waals surface area contributed by atoms with Crippen molar-refractivity contribution in [1.82, 2.24) is 5.32 Å². The molecule has 0 amide bonds. The highest BCUT2D eigenvalue weighted by Crippen LogP contribution is 2.28. The van der Waals surface area contributed by atoms with Gasteiger partial charge in [-0.05, 0) is 31.1 Å². The van der Waals surface area contributed by atoms with E-state index in [4.69, 9.17) is 10.9 Å². The van der Waals surface area contributed by atoms with Crippen molar-refractivity contribution >= 4 is 5.84 Å². The molecule has 4 unspecified atom stereocenters. The molecule has 94 valence electrons. The zero-order valence-electron chi connectivity index (χ0n) is 10.6. The van der Waals surface area contributed by atoms with Crippen molar-refractivity contribution in [2.24, 2.45) is 28.6 Å². The number of nitrogens with one attached hydrogen (secondary N) is 1. The van der Waals surface area contributed by atoms with Crippen LogP contribution < -0.4 is 11.1 Å². The predicted octanol–water partition coefficient (Wildman–Crippen LogP) is 1.78. The third kappa shape index (κ3) is 3.67. The Morgan fingerprint density at radius 1 is 1.50 bits per heavy atom. The van der Waals surface area contributed by atoms with Gasteiger partial charge < -0.3 is 16.3 Å². The smallest absolute Gasteiger partial charge is 0.143 e. The Morgan fingerprint density at radius 2 is 2.19 bits per heavy atom. The Hall–Kier alpha value is -0.770. The third-order valence-corrected chi connectivity index (χ3v) is 3.74. The van der Waals surface area contributed by atoms with Crippen LogP contribution in [0.5, 0.6) is 0 Å². The number of nitrogens with two attached hydrogens (primary N) is 1. The summed E-state index contributed by atoms with van der Waals surface area (Å²) in [5.74, 6) is 1.98. The van der Waals surface area contributed by atoms with E-state index in [2.05, 4.69) is 24.3 Å². The van der Waals surface area contributed by atoms with Crippen LogP contribution >= 0.6 is 0 Å². The molecule has 1 rings (SSSR count). The first-order valence-electron chi connectivity index (χ1n) is 6.25. The minimum atomic E-state index is 0.0940. The number of rotatable bonds is 4. The topological polar surface area (TPSA) is 70.6 Å². The van der Waals surface area contributed by atoms with Crippen molar-refractivity contribution < 1.29 is 5.21 Å². The summed E-state index contributed by atoms with van der Waals surface area (Å²) < 4.78 is 0. The molecule has 16 heavy (non-hydrogen) atoms. The zero-order valence-corrected chi connectivity index (χ0v) is 10.6. The highest BCUT2D eigenvalue weighted by atomic mass is 16.4. The van der Waals surface area contributed by atoms with Crippen LogP contribution in [-0.2, 0) is 0 Å². The molecule has 0 bridgehead atoms. The molecule has 4 nitrogen and oxygen atoms in total. The van der Waals surface area contributed by atoms with Gasteiger partial charge in [-0.1, -0.05) is 25.9 Å². The summed E-state index contributed by atoms with van der Waals surface area (Å²) in [7, 11) is 0. The van der Waals surface area contributed by atoms with Gasteiger partial charge >= 0.3 is 0 Å². The molecule has 0 heterocycles. The molecule has 1 fully saturated rings. The summed E-state index contributed by atoms with van der Waals surface area (Å²) >= 11 is 0. The van der Waals surface area contributed by atoms with E-state index in [0.29, 0.717) is 11.9 Å². The first-order valence-corrected chi connectivity index (χ1v) is 6.25.